The topological polar surface area (TPSA) is 66.9 Å². The first-order valence-corrected chi connectivity index (χ1v) is 7.18. The maximum atomic E-state index is 11.6. The van der Waals surface area contributed by atoms with Crippen LogP contribution in [0.3, 0.4) is 0 Å². The SMILES string of the molecule is CC(Nc1ccc(NC(=O)C2CC2)nn1)c1ccccc1. The van der Waals surface area contributed by atoms with Crippen molar-refractivity contribution in [3.05, 3.63) is 48.0 Å². The summed E-state index contributed by atoms with van der Waals surface area (Å²) in [6, 6.07) is 13.9. The minimum atomic E-state index is 0.0441. The van der Waals surface area contributed by atoms with E-state index in [1.54, 1.807) is 6.07 Å². The molecule has 2 N–H and O–H groups in total. The molecule has 5 nitrogen and oxygen atoms in total. The highest BCUT2D eigenvalue weighted by atomic mass is 16.2. The number of amides is 1. The van der Waals surface area contributed by atoms with Crippen molar-refractivity contribution in [2.24, 2.45) is 5.92 Å². The molecule has 1 saturated carbocycles. The molecule has 1 fully saturated rings. The Labute approximate surface area is 123 Å². The fourth-order valence-electron chi connectivity index (χ4n) is 2.10. The predicted octanol–water partition coefficient (Wildman–Crippen LogP) is 3.00. The molecule has 1 aliphatic carbocycles. The van der Waals surface area contributed by atoms with Crippen LogP contribution in [0.15, 0.2) is 42.5 Å². The lowest BCUT2D eigenvalue weighted by molar-refractivity contribution is -0.117. The van der Waals surface area contributed by atoms with Crippen molar-refractivity contribution >= 4 is 17.5 Å². The summed E-state index contributed by atoms with van der Waals surface area (Å²) >= 11 is 0. The van der Waals surface area contributed by atoms with Crippen LogP contribution >= 0.6 is 0 Å². The molecule has 0 bridgehead atoms. The Morgan fingerprint density at radius 3 is 2.38 bits per heavy atom. The molecule has 1 atom stereocenters. The van der Waals surface area contributed by atoms with Gasteiger partial charge in [-0.25, -0.2) is 0 Å². The number of anilines is 2. The first-order chi connectivity index (χ1) is 10.2. The van der Waals surface area contributed by atoms with E-state index in [9.17, 15) is 4.79 Å². The van der Waals surface area contributed by atoms with Crippen molar-refractivity contribution in [1.29, 1.82) is 0 Å². The molecule has 2 aromatic rings. The van der Waals surface area contributed by atoms with E-state index in [0.29, 0.717) is 11.6 Å². The zero-order chi connectivity index (χ0) is 14.7. The molecule has 1 aromatic carbocycles. The highest BCUT2D eigenvalue weighted by Gasteiger charge is 2.29. The monoisotopic (exact) mass is 282 g/mol. The van der Waals surface area contributed by atoms with Gasteiger partial charge in [0, 0.05) is 12.0 Å². The van der Waals surface area contributed by atoms with E-state index < -0.39 is 0 Å². The molecule has 0 spiro atoms. The van der Waals surface area contributed by atoms with Gasteiger partial charge < -0.3 is 10.6 Å². The van der Waals surface area contributed by atoms with E-state index >= 15 is 0 Å². The van der Waals surface area contributed by atoms with Gasteiger partial charge in [0.1, 0.15) is 5.82 Å². The zero-order valence-electron chi connectivity index (χ0n) is 11.9. The van der Waals surface area contributed by atoms with Crippen LogP contribution in [-0.2, 0) is 4.79 Å². The van der Waals surface area contributed by atoms with Crippen LogP contribution in [-0.4, -0.2) is 16.1 Å². The Bertz CT molecular complexity index is 608. The summed E-state index contributed by atoms with van der Waals surface area (Å²) in [5, 5.41) is 14.2. The van der Waals surface area contributed by atoms with Crippen LogP contribution in [0, 0.1) is 5.92 Å². The quantitative estimate of drug-likeness (QED) is 0.884. The molecule has 1 amide bonds. The van der Waals surface area contributed by atoms with Gasteiger partial charge in [-0.2, -0.15) is 0 Å². The first kappa shape index (κ1) is 13.5. The fourth-order valence-corrected chi connectivity index (χ4v) is 2.10. The molecule has 0 aliphatic heterocycles. The maximum Gasteiger partial charge on any atom is 0.228 e. The number of benzene rings is 1. The molecule has 1 heterocycles. The summed E-state index contributed by atoms with van der Waals surface area (Å²) in [5.41, 5.74) is 1.19. The summed E-state index contributed by atoms with van der Waals surface area (Å²) < 4.78 is 0. The van der Waals surface area contributed by atoms with Crippen molar-refractivity contribution in [2.75, 3.05) is 10.6 Å². The number of nitrogens with zero attached hydrogens (tertiary/aromatic N) is 2. The predicted molar refractivity (Wildman–Crippen MR) is 81.9 cm³/mol. The van der Waals surface area contributed by atoms with E-state index in [-0.39, 0.29) is 17.9 Å². The number of carbonyl (C=O) groups is 1. The highest BCUT2D eigenvalue weighted by Crippen LogP contribution is 2.29. The Kier molecular flexibility index (Phi) is 3.81. The molecule has 1 aromatic heterocycles. The number of hydrogen-bond donors (Lipinski definition) is 2. The average molecular weight is 282 g/mol. The van der Waals surface area contributed by atoms with Crippen molar-refractivity contribution in [2.45, 2.75) is 25.8 Å². The van der Waals surface area contributed by atoms with Gasteiger partial charge in [0.05, 0.1) is 0 Å². The molecule has 0 radical (unpaired) electrons. The van der Waals surface area contributed by atoms with E-state index in [0.717, 1.165) is 12.8 Å². The van der Waals surface area contributed by atoms with E-state index in [1.165, 1.54) is 5.56 Å². The molecular weight excluding hydrogens is 264 g/mol. The Hall–Kier alpha value is -2.43. The molecule has 5 heteroatoms. The van der Waals surface area contributed by atoms with Crippen LogP contribution in [0.4, 0.5) is 11.6 Å². The van der Waals surface area contributed by atoms with Crippen molar-refractivity contribution in [1.82, 2.24) is 10.2 Å². The lowest BCUT2D eigenvalue weighted by Gasteiger charge is -2.14. The minimum Gasteiger partial charge on any atom is -0.362 e. The molecule has 1 unspecified atom stereocenters. The summed E-state index contributed by atoms with van der Waals surface area (Å²) in [7, 11) is 0. The zero-order valence-corrected chi connectivity index (χ0v) is 11.9. The van der Waals surface area contributed by atoms with Gasteiger partial charge >= 0.3 is 0 Å². The highest BCUT2D eigenvalue weighted by molar-refractivity contribution is 5.93. The number of rotatable bonds is 5. The van der Waals surface area contributed by atoms with Gasteiger partial charge in [-0.1, -0.05) is 30.3 Å². The summed E-state index contributed by atoms with van der Waals surface area (Å²) in [6.45, 7) is 2.07. The maximum absolute atomic E-state index is 11.6. The van der Waals surface area contributed by atoms with Crippen LogP contribution in [0.2, 0.25) is 0 Å². The van der Waals surface area contributed by atoms with Crippen LogP contribution in [0.5, 0.6) is 0 Å². The fraction of sp³-hybridized carbons (Fsp3) is 0.312. The number of hydrogen-bond acceptors (Lipinski definition) is 4. The molecule has 3 rings (SSSR count). The lowest BCUT2D eigenvalue weighted by Crippen LogP contribution is -2.15. The van der Waals surface area contributed by atoms with Gasteiger partial charge in [-0.15, -0.1) is 10.2 Å². The van der Waals surface area contributed by atoms with Crippen molar-refractivity contribution in [3.8, 4) is 0 Å². The van der Waals surface area contributed by atoms with Gasteiger partial charge in [0.2, 0.25) is 5.91 Å². The second kappa shape index (κ2) is 5.91. The van der Waals surface area contributed by atoms with Crippen LogP contribution in [0.1, 0.15) is 31.4 Å². The second-order valence-electron chi connectivity index (χ2n) is 5.34. The minimum absolute atomic E-state index is 0.0441. The van der Waals surface area contributed by atoms with E-state index in [1.807, 2.05) is 24.3 Å². The second-order valence-corrected chi connectivity index (χ2v) is 5.34. The average Bonchev–Trinajstić information content (AvgIpc) is 3.35. The summed E-state index contributed by atoms with van der Waals surface area (Å²) in [5.74, 6) is 1.41. The van der Waals surface area contributed by atoms with Gasteiger partial charge in [-0.05, 0) is 37.5 Å². The van der Waals surface area contributed by atoms with Gasteiger partial charge in [0.25, 0.3) is 0 Å². The normalized spacial score (nSPS) is 15.3. The number of aromatic nitrogens is 2. The largest absolute Gasteiger partial charge is 0.362 e. The Morgan fingerprint density at radius 1 is 1.10 bits per heavy atom. The number of nitrogens with one attached hydrogen (secondary N) is 2. The molecule has 21 heavy (non-hydrogen) atoms. The van der Waals surface area contributed by atoms with Crippen LogP contribution in [0.25, 0.3) is 0 Å². The standard InChI is InChI=1S/C16H18N4O/c1-11(12-5-3-2-4-6-12)17-14-9-10-15(20-19-14)18-16(21)13-7-8-13/h2-6,9-11,13H,7-8H2,1H3,(H,17,19)(H,18,20,21). The van der Waals surface area contributed by atoms with E-state index in [4.69, 9.17) is 0 Å². The van der Waals surface area contributed by atoms with Crippen molar-refractivity contribution in [3.63, 3.8) is 0 Å². The Balaban J connectivity index is 1.60. The molecule has 1 aliphatic rings. The third kappa shape index (κ3) is 3.56. The van der Waals surface area contributed by atoms with Crippen molar-refractivity contribution < 1.29 is 4.79 Å². The molecular formula is C16H18N4O. The lowest BCUT2D eigenvalue weighted by atomic mass is 10.1. The van der Waals surface area contributed by atoms with E-state index in [2.05, 4.69) is 39.9 Å². The number of carbonyl (C=O) groups excluding carboxylic acids is 1. The third-order valence-electron chi connectivity index (χ3n) is 3.53. The Morgan fingerprint density at radius 2 is 1.76 bits per heavy atom. The first-order valence-electron chi connectivity index (χ1n) is 7.18. The summed E-state index contributed by atoms with van der Waals surface area (Å²) in [4.78, 5) is 11.6. The smallest absolute Gasteiger partial charge is 0.228 e. The molecule has 0 saturated heterocycles. The van der Waals surface area contributed by atoms with Crippen LogP contribution < -0.4 is 10.6 Å². The summed E-state index contributed by atoms with van der Waals surface area (Å²) in [6.07, 6.45) is 1.96. The van der Waals surface area contributed by atoms with Gasteiger partial charge in [-0.3, -0.25) is 4.79 Å². The third-order valence-corrected chi connectivity index (χ3v) is 3.53. The molecule has 108 valence electrons. The van der Waals surface area contributed by atoms with Gasteiger partial charge in [0.15, 0.2) is 5.82 Å².